The highest BCUT2D eigenvalue weighted by Gasteiger charge is 2.15. The molecule has 0 saturated carbocycles. The minimum absolute atomic E-state index is 0.165. The van der Waals surface area contributed by atoms with Crippen molar-refractivity contribution in [2.24, 2.45) is 0 Å². The van der Waals surface area contributed by atoms with Gasteiger partial charge in [-0.2, -0.15) is 8.42 Å². The van der Waals surface area contributed by atoms with Crippen molar-refractivity contribution in [2.45, 2.75) is 5.75 Å². The van der Waals surface area contributed by atoms with E-state index in [0.29, 0.717) is 0 Å². The molecule has 0 radical (unpaired) electrons. The second kappa shape index (κ2) is 3.79. The molecule has 1 heterocycles. The van der Waals surface area contributed by atoms with Crippen molar-refractivity contribution in [3.63, 3.8) is 0 Å². The maximum atomic E-state index is 10.6. The second-order valence-corrected chi connectivity index (χ2v) is 4.70. The van der Waals surface area contributed by atoms with Gasteiger partial charge < -0.3 is 4.42 Å². The third kappa shape index (κ3) is 2.57. The van der Waals surface area contributed by atoms with Gasteiger partial charge in [0.05, 0.1) is 4.92 Å². The van der Waals surface area contributed by atoms with E-state index in [4.69, 9.17) is 8.97 Å². The Morgan fingerprint density at radius 2 is 2.18 bits per heavy atom. The molecule has 1 N–H and O–H groups in total. The highest BCUT2D eigenvalue weighted by molar-refractivity contribution is 7.84. The van der Waals surface area contributed by atoms with Crippen LogP contribution in [0.4, 0.5) is 5.69 Å². The monoisotopic (exact) mass is 258 g/mol. The lowest BCUT2D eigenvalue weighted by atomic mass is 10.3. The Balaban J connectivity index is 2.47. The summed E-state index contributed by atoms with van der Waals surface area (Å²) in [5, 5.41) is 10.5. The lowest BCUT2D eigenvalue weighted by Gasteiger charge is -1.88. The molecule has 90 valence electrons. The summed E-state index contributed by atoms with van der Waals surface area (Å²) in [6.45, 7) is 0. The fraction of sp³-hybridized carbons (Fsp3) is 0.125. The number of fused-ring (bicyclic) bond motifs is 1. The number of aromatic nitrogens is 1. The number of non-ortho nitro benzene ring substituents is 1. The van der Waals surface area contributed by atoms with Gasteiger partial charge in [-0.15, -0.1) is 0 Å². The minimum Gasteiger partial charge on any atom is -0.439 e. The average Bonchev–Trinajstić information content (AvgIpc) is 2.54. The van der Waals surface area contributed by atoms with Gasteiger partial charge in [0.2, 0.25) is 5.89 Å². The Hall–Kier alpha value is -2.00. The number of oxazole rings is 1. The second-order valence-electron chi connectivity index (χ2n) is 3.24. The summed E-state index contributed by atoms with van der Waals surface area (Å²) < 4.78 is 34.8. The van der Waals surface area contributed by atoms with Crippen LogP contribution in [0.1, 0.15) is 5.89 Å². The summed E-state index contributed by atoms with van der Waals surface area (Å²) in [5.41, 5.74) is 0.205. The molecule has 8 nitrogen and oxygen atoms in total. The molecular weight excluding hydrogens is 252 g/mol. The van der Waals surface area contributed by atoms with Crippen LogP contribution in [0.5, 0.6) is 0 Å². The molecule has 1 aromatic carbocycles. The van der Waals surface area contributed by atoms with Crippen molar-refractivity contribution in [1.82, 2.24) is 4.98 Å². The van der Waals surface area contributed by atoms with E-state index in [1.165, 1.54) is 12.1 Å². The maximum absolute atomic E-state index is 10.6. The zero-order chi connectivity index (χ0) is 12.6. The number of rotatable bonds is 3. The van der Waals surface area contributed by atoms with Crippen LogP contribution in [0.25, 0.3) is 11.1 Å². The molecular formula is C8H6N2O6S. The van der Waals surface area contributed by atoms with E-state index in [1.807, 2.05) is 0 Å². The van der Waals surface area contributed by atoms with Crippen LogP contribution in [-0.2, 0) is 15.9 Å². The van der Waals surface area contributed by atoms with Gasteiger partial charge in [0.15, 0.2) is 11.3 Å². The van der Waals surface area contributed by atoms with Gasteiger partial charge in [0.1, 0.15) is 5.52 Å². The summed E-state index contributed by atoms with van der Waals surface area (Å²) in [7, 11) is -4.24. The third-order valence-electron chi connectivity index (χ3n) is 1.93. The molecule has 17 heavy (non-hydrogen) atoms. The molecule has 0 aliphatic rings. The Morgan fingerprint density at radius 3 is 2.76 bits per heavy atom. The molecule has 2 aromatic rings. The van der Waals surface area contributed by atoms with Crippen molar-refractivity contribution < 1.29 is 22.3 Å². The topological polar surface area (TPSA) is 124 Å². The molecule has 0 aliphatic heterocycles. The van der Waals surface area contributed by atoms with E-state index in [1.54, 1.807) is 0 Å². The normalized spacial score (nSPS) is 11.8. The highest BCUT2D eigenvalue weighted by Crippen LogP contribution is 2.21. The first-order chi connectivity index (χ1) is 7.85. The number of benzene rings is 1. The quantitative estimate of drug-likeness (QED) is 0.497. The lowest BCUT2D eigenvalue weighted by molar-refractivity contribution is -0.384. The van der Waals surface area contributed by atoms with E-state index < -0.39 is 20.8 Å². The fourth-order valence-corrected chi connectivity index (χ4v) is 1.73. The Kier molecular flexibility index (Phi) is 2.56. The van der Waals surface area contributed by atoms with Crippen LogP contribution in [0.2, 0.25) is 0 Å². The van der Waals surface area contributed by atoms with Crippen molar-refractivity contribution in [3.05, 3.63) is 34.2 Å². The van der Waals surface area contributed by atoms with E-state index in [-0.39, 0.29) is 22.7 Å². The molecule has 0 atom stereocenters. The van der Waals surface area contributed by atoms with Crippen molar-refractivity contribution in [1.29, 1.82) is 0 Å². The Morgan fingerprint density at radius 1 is 1.47 bits per heavy atom. The zero-order valence-corrected chi connectivity index (χ0v) is 9.05. The molecule has 0 aliphatic carbocycles. The van der Waals surface area contributed by atoms with Gasteiger partial charge in [0.25, 0.3) is 15.8 Å². The number of nitrogens with zero attached hydrogens (tertiary/aromatic N) is 2. The Bertz CT molecular complexity index is 689. The highest BCUT2D eigenvalue weighted by atomic mass is 32.2. The molecule has 0 unspecified atom stereocenters. The van der Waals surface area contributed by atoms with Crippen molar-refractivity contribution in [3.8, 4) is 0 Å². The largest absolute Gasteiger partial charge is 0.439 e. The number of nitro benzene ring substituents is 1. The van der Waals surface area contributed by atoms with Gasteiger partial charge >= 0.3 is 0 Å². The predicted molar refractivity (Wildman–Crippen MR) is 55.9 cm³/mol. The Labute approximate surface area is 94.8 Å². The predicted octanol–water partition coefficient (Wildman–Crippen LogP) is 1.12. The van der Waals surface area contributed by atoms with E-state index in [2.05, 4.69) is 4.98 Å². The summed E-state index contributed by atoms with van der Waals surface area (Å²) in [4.78, 5) is 13.6. The molecule has 0 fully saturated rings. The number of nitro groups is 1. The van der Waals surface area contributed by atoms with Crippen LogP contribution in [0, 0.1) is 10.1 Å². The van der Waals surface area contributed by atoms with Crippen LogP contribution in [-0.4, -0.2) is 22.9 Å². The summed E-state index contributed by atoms with van der Waals surface area (Å²) >= 11 is 0. The minimum atomic E-state index is -4.24. The first kappa shape index (κ1) is 11.5. The van der Waals surface area contributed by atoms with E-state index in [0.717, 1.165) is 6.07 Å². The van der Waals surface area contributed by atoms with Crippen LogP contribution < -0.4 is 0 Å². The molecule has 9 heteroatoms. The molecule has 0 saturated heterocycles. The molecule has 0 amide bonds. The van der Waals surface area contributed by atoms with Crippen LogP contribution >= 0.6 is 0 Å². The van der Waals surface area contributed by atoms with Crippen molar-refractivity contribution in [2.75, 3.05) is 0 Å². The summed E-state index contributed by atoms with van der Waals surface area (Å²) in [6, 6.07) is 3.69. The molecule has 0 bridgehead atoms. The summed E-state index contributed by atoms with van der Waals surface area (Å²) in [6.07, 6.45) is 0. The third-order valence-corrected chi connectivity index (χ3v) is 2.54. The first-order valence-electron chi connectivity index (χ1n) is 4.34. The summed E-state index contributed by atoms with van der Waals surface area (Å²) in [5.74, 6) is -0.988. The lowest BCUT2D eigenvalue weighted by Crippen LogP contribution is -2.01. The van der Waals surface area contributed by atoms with E-state index in [9.17, 15) is 18.5 Å². The SMILES string of the molecule is O=[N+]([O-])c1ccc2oc(CS(=O)(=O)O)nc2c1. The molecule has 0 spiro atoms. The van der Waals surface area contributed by atoms with Gasteiger partial charge in [-0.25, -0.2) is 4.98 Å². The molecule has 1 aromatic heterocycles. The molecule has 2 rings (SSSR count). The van der Waals surface area contributed by atoms with Crippen molar-refractivity contribution >= 4 is 26.9 Å². The number of hydrogen-bond acceptors (Lipinski definition) is 6. The smallest absolute Gasteiger partial charge is 0.273 e. The first-order valence-corrected chi connectivity index (χ1v) is 5.95. The van der Waals surface area contributed by atoms with Gasteiger partial charge in [-0.3, -0.25) is 14.7 Å². The number of hydrogen-bond donors (Lipinski definition) is 1. The average molecular weight is 258 g/mol. The van der Waals surface area contributed by atoms with Gasteiger partial charge in [-0.05, 0) is 6.07 Å². The van der Waals surface area contributed by atoms with E-state index >= 15 is 0 Å². The maximum Gasteiger partial charge on any atom is 0.273 e. The van der Waals surface area contributed by atoms with Crippen LogP contribution in [0.3, 0.4) is 0 Å². The van der Waals surface area contributed by atoms with Gasteiger partial charge in [-0.1, -0.05) is 0 Å². The van der Waals surface area contributed by atoms with Gasteiger partial charge in [0, 0.05) is 12.1 Å². The zero-order valence-electron chi connectivity index (χ0n) is 8.23. The standard InChI is InChI=1S/C8H6N2O6S/c11-10(12)5-1-2-7-6(3-5)9-8(16-7)4-17(13,14)15/h1-3H,4H2,(H,13,14,15). The van der Waals surface area contributed by atoms with Crippen LogP contribution in [0.15, 0.2) is 22.6 Å². The fourth-order valence-electron chi connectivity index (χ4n) is 1.29.